The minimum atomic E-state index is -0.939. The van der Waals surface area contributed by atoms with Gasteiger partial charge in [0.25, 0.3) is 0 Å². The first-order valence-electron chi connectivity index (χ1n) is 5.40. The Labute approximate surface area is 95.2 Å². The number of hydrogen-bond donors (Lipinski definition) is 2. The van der Waals surface area contributed by atoms with Gasteiger partial charge in [0.1, 0.15) is 6.04 Å². The summed E-state index contributed by atoms with van der Waals surface area (Å²) in [6.07, 6.45) is 0.372. The number of nitrogens with zero attached hydrogens (tertiary/aromatic N) is 2. The van der Waals surface area contributed by atoms with Crippen LogP contribution in [0, 0.1) is 0 Å². The van der Waals surface area contributed by atoms with Crippen molar-refractivity contribution in [2.75, 3.05) is 40.3 Å². The Morgan fingerprint density at radius 1 is 1.50 bits per heavy atom. The zero-order valence-electron chi connectivity index (χ0n) is 9.77. The normalized spacial score (nSPS) is 21.2. The Balaban J connectivity index is 2.54. The Kier molecular flexibility index (Phi) is 4.70. The molecule has 1 rings (SSSR count). The second-order valence-electron chi connectivity index (χ2n) is 4.20. The summed E-state index contributed by atoms with van der Waals surface area (Å²) in [6.45, 7) is 2.12. The fourth-order valence-electron chi connectivity index (χ4n) is 1.69. The molecule has 92 valence electrons. The number of rotatable bonds is 4. The van der Waals surface area contributed by atoms with E-state index in [0.717, 1.165) is 0 Å². The summed E-state index contributed by atoms with van der Waals surface area (Å²) < 4.78 is 0. The van der Waals surface area contributed by atoms with E-state index in [1.54, 1.807) is 0 Å². The van der Waals surface area contributed by atoms with Gasteiger partial charge in [0.15, 0.2) is 0 Å². The van der Waals surface area contributed by atoms with Gasteiger partial charge < -0.3 is 20.2 Å². The standard InChI is InChI=1S/C10H19N3O3/c1-12(2)5-3-9(14)13-6-4-11-7-8(13)10(15)16/h8,11H,3-7H2,1-2H3,(H,15,16). The summed E-state index contributed by atoms with van der Waals surface area (Å²) in [4.78, 5) is 26.2. The summed E-state index contributed by atoms with van der Waals surface area (Å²) >= 11 is 0. The zero-order chi connectivity index (χ0) is 12.1. The first kappa shape index (κ1) is 12.9. The van der Waals surface area contributed by atoms with Gasteiger partial charge in [-0.3, -0.25) is 4.79 Å². The predicted octanol–water partition coefficient (Wildman–Crippen LogP) is -1.18. The van der Waals surface area contributed by atoms with Crippen LogP contribution in [0.4, 0.5) is 0 Å². The van der Waals surface area contributed by atoms with Crippen molar-refractivity contribution in [3.63, 3.8) is 0 Å². The summed E-state index contributed by atoms with van der Waals surface area (Å²) in [5.41, 5.74) is 0. The molecule has 1 amide bonds. The van der Waals surface area contributed by atoms with Crippen LogP contribution in [-0.4, -0.2) is 73.1 Å². The first-order valence-corrected chi connectivity index (χ1v) is 5.40. The molecule has 6 heteroatoms. The van der Waals surface area contributed by atoms with Crippen molar-refractivity contribution in [2.45, 2.75) is 12.5 Å². The summed E-state index contributed by atoms with van der Waals surface area (Å²) in [7, 11) is 3.78. The van der Waals surface area contributed by atoms with Gasteiger partial charge in [0, 0.05) is 32.6 Å². The molecule has 0 aromatic carbocycles. The largest absolute Gasteiger partial charge is 0.480 e. The number of aliphatic carboxylic acids is 1. The highest BCUT2D eigenvalue weighted by atomic mass is 16.4. The molecule has 0 spiro atoms. The van der Waals surface area contributed by atoms with E-state index in [0.29, 0.717) is 32.6 Å². The third-order valence-corrected chi connectivity index (χ3v) is 2.62. The lowest BCUT2D eigenvalue weighted by Gasteiger charge is -2.33. The topological polar surface area (TPSA) is 72.9 Å². The molecule has 0 saturated carbocycles. The molecule has 16 heavy (non-hydrogen) atoms. The number of hydrogen-bond acceptors (Lipinski definition) is 4. The smallest absolute Gasteiger partial charge is 0.327 e. The van der Waals surface area contributed by atoms with Crippen LogP contribution in [0.25, 0.3) is 0 Å². The van der Waals surface area contributed by atoms with Crippen LogP contribution in [0.3, 0.4) is 0 Å². The average molecular weight is 229 g/mol. The van der Waals surface area contributed by atoms with E-state index in [2.05, 4.69) is 5.32 Å². The molecule has 1 saturated heterocycles. The van der Waals surface area contributed by atoms with Crippen LogP contribution in [0.15, 0.2) is 0 Å². The molecule has 0 radical (unpaired) electrons. The third-order valence-electron chi connectivity index (χ3n) is 2.62. The van der Waals surface area contributed by atoms with E-state index in [1.165, 1.54) is 4.90 Å². The van der Waals surface area contributed by atoms with Crippen molar-refractivity contribution >= 4 is 11.9 Å². The molecule has 1 aliphatic heterocycles. The molecule has 1 atom stereocenters. The molecule has 2 N–H and O–H groups in total. The summed E-state index contributed by atoms with van der Waals surface area (Å²) in [5, 5.41) is 12.0. The Bertz CT molecular complexity index is 268. The molecule has 1 fully saturated rings. The van der Waals surface area contributed by atoms with Gasteiger partial charge in [-0.25, -0.2) is 4.79 Å². The van der Waals surface area contributed by atoms with Crippen LogP contribution in [0.1, 0.15) is 6.42 Å². The number of carbonyl (C=O) groups is 2. The molecule has 1 heterocycles. The number of nitrogens with one attached hydrogen (secondary N) is 1. The van der Waals surface area contributed by atoms with Gasteiger partial charge in [-0.2, -0.15) is 0 Å². The van der Waals surface area contributed by atoms with E-state index in [4.69, 9.17) is 5.11 Å². The monoisotopic (exact) mass is 229 g/mol. The highest BCUT2D eigenvalue weighted by Gasteiger charge is 2.31. The molecular formula is C10H19N3O3. The molecule has 6 nitrogen and oxygen atoms in total. The second kappa shape index (κ2) is 5.81. The van der Waals surface area contributed by atoms with Gasteiger partial charge in [0.2, 0.25) is 5.91 Å². The van der Waals surface area contributed by atoms with Crippen LogP contribution >= 0.6 is 0 Å². The second-order valence-corrected chi connectivity index (χ2v) is 4.20. The van der Waals surface area contributed by atoms with Crippen molar-refractivity contribution in [1.29, 1.82) is 0 Å². The highest BCUT2D eigenvalue weighted by Crippen LogP contribution is 2.06. The minimum Gasteiger partial charge on any atom is -0.480 e. The van der Waals surface area contributed by atoms with Crippen molar-refractivity contribution in [1.82, 2.24) is 15.1 Å². The Morgan fingerprint density at radius 2 is 2.19 bits per heavy atom. The van der Waals surface area contributed by atoms with E-state index in [9.17, 15) is 9.59 Å². The van der Waals surface area contributed by atoms with E-state index < -0.39 is 12.0 Å². The molecule has 0 aromatic heterocycles. The lowest BCUT2D eigenvalue weighted by Crippen LogP contribution is -2.57. The third kappa shape index (κ3) is 3.46. The van der Waals surface area contributed by atoms with Crippen molar-refractivity contribution in [3.05, 3.63) is 0 Å². The molecular weight excluding hydrogens is 210 g/mol. The van der Waals surface area contributed by atoms with E-state index >= 15 is 0 Å². The van der Waals surface area contributed by atoms with Gasteiger partial charge >= 0.3 is 5.97 Å². The average Bonchev–Trinajstić information content (AvgIpc) is 2.25. The fourth-order valence-corrected chi connectivity index (χ4v) is 1.69. The summed E-state index contributed by atoms with van der Waals surface area (Å²) in [5.74, 6) is -1.02. The number of amides is 1. The molecule has 0 bridgehead atoms. The number of piperazine rings is 1. The summed E-state index contributed by atoms with van der Waals surface area (Å²) in [6, 6.07) is -0.719. The highest BCUT2D eigenvalue weighted by molar-refractivity contribution is 5.84. The number of carboxylic acid groups (broad SMARTS) is 1. The van der Waals surface area contributed by atoms with Crippen LogP contribution in [-0.2, 0) is 9.59 Å². The van der Waals surface area contributed by atoms with E-state index in [-0.39, 0.29) is 5.91 Å². The lowest BCUT2D eigenvalue weighted by atomic mass is 10.1. The number of carboxylic acids is 1. The maximum atomic E-state index is 11.8. The van der Waals surface area contributed by atoms with Gasteiger partial charge in [0.05, 0.1) is 0 Å². The van der Waals surface area contributed by atoms with Gasteiger partial charge in [-0.05, 0) is 14.1 Å². The maximum Gasteiger partial charge on any atom is 0.327 e. The van der Waals surface area contributed by atoms with Crippen LogP contribution in [0.5, 0.6) is 0 Å². The molecule has 0 aromatic rings. The maximum absolute atomic E-state index is 11.8. The van der Waals surface area contributed by atoms with Gasteiger partial charge in [-0.1, -0.05) is 0 Å². The Hall–Kier alpha value is -1.14. The fraction of sp³-hybridized carbons (Fsp3) is 0.800. The lowest BCUT2D eigenvalue weighted by molar-refractivity contribution is -0.151. The number of carbonyl (C=O) groups excluding carboxylic acids is 1. The molecule has 1 unspecified atom stereocenters. The van der Waals surface area contributed by atoms with Crippen molar-refractivity contribution < 1.29 is 14.7 Å². The quantitative estimate of drug-likeness (QED) is 0.635. The van der Waals surface area contributed by atoms with Crippen molar-refractivity contribution in [2.24, 2.45) is 0 Å². The zero-order valence-corrected chi connectivity index (χ0v) is 9.77. The van der Waals surface area contributed by atoms with E-state index in [1.807, 2.05) is 19.0 Å². The molecule has 1 aliphatic rings. The predicted molar refractivity (Wildman–Crippen MR) is 59.2 cm³/mol. The van der Waals surface area contributed by atoms with Crippen LogP contribution in [0.2, 0.25) is 0 Å². The first-order chi connectivity index (χ1) is 7.52. The SMILES string of the molecule is CN(C)CCC(=O)N1CCNCC1C(=O)O. The Morgan fingerprint density at radius 3 is 2.75 bits per heavy atom. The van der Waals surface area contributed by atoms with Gasteiger partial charge in [-0.15, -0.1) is 0 Å². The van der Waals surface area contributed by atoms with Crippen LogP contribution < -0.4 is 5.32 Å². The van der Waals surface area contributed by atoms with Crippen molar-refractivity contribution in [3.8, 4) is 0 Å². The molecule has 0 aliphatic carbocycles. The minimum absolute atomic E-state index is 0.0809.